The largest absolute Gasteiger partial charge is 0.452 e. The second-order valence-electron chi connectivity index (χ2n) is 1.88. The Morgan fingerprint density at radius 2 is 2.10 bits per heavy atom. The fraction of sp³-hybridized carbons (Fsp3) is 0.286. The lowest BCUT2D eigenvalue weighted by molar-refractivity contribution is 0.151. The molecule has 3 nitrogen and oxygen atoms in total. The molecule has 0 aromatic carbocycles. The van der Waals surface area contributed by atoms with E-state index < -0.39 is 0 Å². The molecule has 1 aliphatic heterocycles. The Bertz CT molecular complexity index is 172. The van der Waals surface area contributed by atoms with Crippen molar-refractivity contribution in [1.29, 1.82) is 0 Å². The summed E-state index contributed by atoms with van der Waals surface area (Å²) in [7, 11) is 1.36. The number of methoxy groups -OCH3 is 1. The summed E-state index contributed by atoms with van der Waals surface area (Å²) < 4.78 is 4.47. The average molecular weight is 139 g/mol. The van der Waals surface area contributed by atoms with Gasteiger partial charge >= 0.3 is 6.09 Å². The van der Waals surface area contributed by atoms with E-state index in [0.717, 1.165) is 6.42 Å². The van der Waals surface area contributed by atoms with Gasteiger partial charge in [0.15, 0.2) is 0 Å². The van der Waals surface area contributed by atoms with Crippen molar-refractivity contribution in [3.8, 4) is 0 Å². The number of carbonyl (C=O) groups is 1. The van der Waals surface area contributed by atoms with Gasteiger partial charge in [0.25, 0.3) is 0 Å². The van der Waals surface area contributed by atoms with E-state index >= 15 is 0 Å². The summed E-state index contributed by atoms with van der Waals surface area (Å²) in [6.45, 7) is 0. The third kappa shape index (κ3) is 1.37. The van der Waals surface area contributed by atoms with Crippen LogP contribution in [0.5, 0.6) is 0 Å². The average Bonchev–Trinajstić information content (AvgIpc) is 2.05. The predicted octanol–water partition coefficient (Wildman–Crippen LogP) is 1.49. The fourth-order valence-corrected chi connectivity index (χ4v) is 0.704. The first-order valence-electron chi connectivity index (χ1n) is 3.04. The normalized spacial score (nSPS) is 15.5. The molecule has 0 radical (unpaired) electrons. The number of carbonyl (C=O) groups excluding carboxylic acids is 1. The Hall–Kier alpha value is -1.25. The first-order chi connectivity index (χ1) is 4.84. The molecular formula is C7H9NO2. The van der Waals surface area contributed by atoms with Crippen LogP contribution in [0.2, 0.25) is 0 Å². The van der Waals surface area contributed by atoms with E-state index in [1.807, 2.05) is 12.2 Å². The van der Waals surface area contributed by atoms with Gasteiger partial charge in [0.1, 0.15) is 0 Å². The van der Waals surface area contributed by atoms with E-state index in [9.17, 15) is 4.79 Å². The van der Waals surface area contributed by atoms with E-state index in [1.165, 1.54) is 12.0 Å². The van der Waals surface area contributed by atoms with Crippen molar-refractivity contribution in [1.82, 2.24) is 4.90 Å². The van der Waals surface area contributed by atoms with Gasteiger partial charge in [-0.15, -0.1) is 0 Å². The highest BCUT2D eigenvalue weighted by atomic mass is 16.5. The Morgan fingerprint density at radius 1 is 1.50 bits per heavy atom. The minimum atomic E-state index is -0.354. The van der Waals surface area contributed by atoms with Crippen LogP contribution in [0.15, 0.2) is 24.6 Å². The molecule has 1 heterocycles. The van der Waals surface area contributed by atoms with Gasteiger partial charge in [-0.2, -0.15) is 0 Å². The Kier molecular flexibility index (Phi) is 2.10. The molecule has 0 N–H and O–H groups in total. The van der Waals surface area contributed by atoms with Gasteiger partial charge in [-0.05, 0) is 6.42 Å². The molecule has 0 aromatic rings. The molecule has 3 heteroatoms. The summed E-state index contributed by atoms with van der Waals surface area (Å²) >= 11 is 0. The third-order valence-electron chi connectivity index (χ3n) is 1.19. The van der Waals surface area contributed by atoms with Gasteiger partial charge in [0.2, 0.25) is 0 Å². The lowest BCUT2D eigenvalue weighted by Crippen LogP contribution is -2.20. The van der Waals surface area contributed by atoms with Crippen molar-refractivity contribution in [2.75, 3.05) is 7.11 Å². The summed E-state index contributed by atoms with van der Waals surface area (Å²) in [5.74, 6) is 0. The molecule has 0 bridgehead atoms. The predicted molar refractivity (Wildman–Crippen MR) is 37.1 cm³/mol. The molecule has 10 heavy (non-hydrogen) atoms. The molecule has 0 saturated carbocycles. The number of hydrogen-bond donors (Lipinski definition) is 0. The minimum absolute atomic E-state index is 0.354. The molecule has 0 atom stereocenters. The van der Waals surface area contributed by atoms with Crippen LogP contribution in [-0.2, 0) is 4.74 Å². The topological polar surface area (TPSA) is 29.5 Å². The summed E-state index contributed by atoms with van der Waals surface area (Å²) in [4.78, 5) is 12.2. The second kappa shape index (κ2) is 3.06. The van der Waals surface area contributed by atoms with Crippen LogP contribution in [0, 0.1) is 0 Å². The van der Waals surface area contributed by atoms with Crippen LogP contribution in [0.4, 0.5) is 4.79 Å². The van der Waals surface area contributed by atoms with E-state index in [-0.39, 0.29) is 6.09 Å². The molecule has 0 aliphatic carbocycles. The molecule has 0 unspecified atom stereocenters. The van der Waals surface area contributed by atoms with Gasteiger partial charge < -0.3 is 4.74 Å². The standard InChI is InChI=1S/C7H9NO2/c1-10-7(9)8-5-3-2-4-6-8/h3-6H,2H2,1H3. The van der Waals surface area contributed by atoms with E-state index in [0.29, 0.717) is 0 Å². The number of rotatable bonds is 0. The van der Waals surface area contributed by atoms with Crippen molar-refractivity contribution in [2.24, 2.45) is 0 Å². The zero-order valence-electron chi connectivity index (χ0n) is 5.78. The maximum absolute atomic E-state index is 10.8. The first kappa shape index (κ1) is 6.86. The Labute approximate surface area is 59.6 Å². The van der Waals surface area contributed by atoms with E-state index in [1.54, 1.807) is 12.4 Å². The van der Waals surface area contributed by atoms with Gasteiger partial charge in [0.05, 0.1) is 7.11 Å². The number of hydrogen-bond acceptors (Lipinski definition) is 2. The van der Waals surface area contributed by atoms with E-state index in [4.69, 9.17) is 0 Å². The van der Waals surface area contributed by atoms with Crippen LogP contribution in [0.25, 0.3) is 0 Å². The van der Waals surface area contributed by atoms with Crippen LogP contribution in [-0.4, -0.2) is 18.1 Å². The first-order valence-corrected chi connectivity index (χ1v) is 3.04. The molecule has 0 aromatic heterocycles. The summed E-state index contributed by atoms with van der Waals surface area (Å²) in [6.07, 6.45) is 7.67. The van der Waals surface area contributed by atoms with Gasteiger partial charge in [-0.3, -0.25) is 4.90 Å². The van der Waals surface area contributed by atoms with Gasteiger partial charge in [-0.1, -0.05) is 12.2 Å². The SMILES string of the molecule is COC(=O)N1C=CCC=C1. The quantitative estimate of drug-likeness (QED) is 0.508. The number of nitrogens with zero attached hydrogens (tertiary/aromatic N) is 1. The highest BCUT2D eigenvalue weighted by molar-refractivity contribution is 5.70. The Balaban J connectivity index is 2.55. The maximum atomic E-state index is 10.8. The Morgan fingerprint density at radius 3 is 2.60 bits per heavy atom. The van der Waals surface area contributed by atoms with Crippen molar-refractivity contribution >= 4 is 6.09 Å². The smallest absolute Gasteiger partial charge is 0.417 e. The highest BCUT2D eigenvalue weighted by Crippen LogP contribution is 2.03. The maximum Gasteiger partial charge on any atom is 0.417 e. The van der Waals surface area contributed by atoms with Crippen LogP contribution < -0.4 is 0 Å². The molecule has 1 amide bonds. The molecule has 0 fully saturated rings. The second-order valence-corrected chi connectivity index (χ2v) is 1.88. The number of amides is 1. The van der Waals surface area contributed by atoms with Crippen LogP contribution in [0.3, 0.4) is 0 Å². The molecule has 0 saturated heterocycles. The van der Waals surface area contributed by atoms with Crippen molar-refractivity contribution < 1.29 is 9.53 Å². The van der Waals surface area contributed by atoms with Crippen molar-refractivity contribution in [3.63, 3.8) is 0 Å². The monoisotopic (exact) mass is 139 g/mol. The summed E-state index contributed by atoms with van der Waals surface area (Å²) in [5, 5.41) is 0. The van der Waals surface area contributed by atoms with Crippen LogP contribution >= 0.6 is 0 Å². The summed E-state index contributed by atoms with van der Waals surface area (Å²) in [5.41, 5.74) is 0. The minimum Gasteiger partial charge on any atom is -0.452 e. The highest BCUT2D eigenvalue weighted by Gasteiger charge is 2.06. The third-order valence-corrected chi connectivity index (χ3v) is 1.19. The molecule has 0 spiro atoms. The van der Waals surface area contributed by atoms with Crippen molar-refractivity contribution in [2.45, 2.75) is 6.42 Å². The summed E-state index contributed by atoms with van der Waals surface area (Å²) in [6, 6.07) is 0. The van der Waals surface area contributed by atoms with E-state index in [2.05, 4.69) is 4.74 Å². The number of ether oxygens (including phenoxy) is 1. The number of allylic oxidation sites excluding steroid dienone is 2. The molecular weight excluding hydrogens is 130 g/mol. The van der Waals surface area contributed by atoms with Crippen molar-refractivity contribution in [3.05, 3.63) is 24.6 Å². The fourth-order valence-electron chi connectivity index (χ4n) is 0.704. The zero-order valence-corrected chi connectivity index (χ0v) is 5.78. The molecule has 1 rings (SSSR count). The van der Waals surface area contributed by atoms with Crippen LogP contribution in [0.1, 0.15) is 6.42 Å². The lowest BCUT2D eigenvalue weighted by Gasteiger charge is -2.13. The molecule has 54 valence electrons. The molecule has 1 aliphatic rings. The van der Waals surface area contributed by atoms with Gasteiger partial charge in [-0.25, -0.2) is 4.79 Å². The lowest BCUT2D eigenvalue weighted by atomic mass is 10.3. The van der Waals surface area contributed by atoms with Gasteiger partial charge in [0, 0.05) is 12.4 Å². The zero-order chi connectivity index (χ0) is 7.40.